The summed E-state index contributed by atoms with van der Waals surface area (Å²) in [5.74, 6) is -2.30. The topological polar surface area (TPSA) is 63.6 Å². The highest BCUT2D eigenvalue weighted by molar-refractivity contribution is 5.80. The normalized spacial score (nSPS) is 11.6. The second-order valence-corrected chi connectivity index (χ2v) is 2.97. The van der Waals surface area contributed by atoms with Crippen molar-refractivity contribution in [1.82, 2.24) is 0 Å². The highest BCUT2D eigenvalue weighted by atomic mass is 16.5. The SMILES string of the molecule is COC(=O)CC(C=C(C)C)C(=O)O. The van der Waals surface area contributed by atoms with Gasteiger partial charge in [0.2, 0.25) is 0 Å². The first-order valence-corrected chi connectivity index (χ1v) is 3.92. The van der Waals surface area contributed by atoms with Gasteiger partial charge in [-0.05, 0) is 13.8 Å². The lowest BCUT2D eigenvalue weighted by atomic mass is 10.0. The molecule has 1 N–H and O–H groups in total. The molecule has 74 valence electrons. The molecule has 0 aliphatic carbocycles. The van der Waals surface area contributed by atoms with E-state index in [1.54, 1.807) is 19.9 Å². The fourth-order valence-corrected chi connectivity index (χ4v) is 0.883. The average Bonchev–Trinajstić information content (AvgIpc) is 2.02. The quantitative estimate of drug-likeness (QED) is 0.529. The first-order valence-electron chi connectivity index (χ1n) is 3.92. The van der Waals surface area contributed by atoms with E-state index in [9.17, 15) is 9.59 Å². The van der Waals surface area contributed by atoms with Crippen molar-refractivity contribution in [1.29, 1.82) is 0 Å². The smallest absolute Gasteiger partial charge is 0.310 e. The fourth-order valence-electron chi connectivity index (χ4n) is 0.883. The largest absolute Gasteiger partial charge is 0.481 e. The number of hydrogen-bond donors (Lipinski definition) is 1. The van der Waals surface area contributed by atoms with Crippen LogP contribution < -0.4 is 0 Å². The van der Waals surface area contributed by atoms with Crippen molar-refractivity contribution in [2.75, 3.05) is 7.11 Å². The maximum Gasteiger partial charge on any atom is 0.310 e. The Hall–Kier alpha value is -1.32. The third-order valence-electron chi connectivity index (χ3n) is 1.47. The van der Waals surface area contributed by atoms with Gasteiger partial charge in [0.15, 0.2) is 0 Å². The highest BCUT2D eigenvalue weighted by Crippen LogP contribution is 2.09. The third kappa shape index (κ3) is 5.00. The summed E-state index contributed by atoms with van der Waals surface area (Å²) in [6.45, 7) is 3.57. The van der Waals surface area contributed by atoms with Crippen molar-refractivity contribution in [3.63, 3.8) is 0 Å². The van der Waals surface area contributed by atoms with Gasteiger partial charge in [0, 0.05) is 0 Å². The van der Waals surface area contributed by atoms with Gasteiger partial charge < -0.3 is 9.84 Å². The summed E-state index contributed by atoms with van der Waals surface area (Å²) in [6.07, 6.45) is 1.43. The van der Waals surface area contributed by atoms with Gasteiger partial charge in [-0.2, -0.15) is 0 Å². The molecule has 1 unspecified atom stereocenters. The summed E-state index contributed by atoms with van der Waals surface area (Å²) in [4.78, 5) is 21.4. The molecule has 0 aromatic rings. The van der Waals surface area contributed by atoms with E-state index in [4.69, 9.17) is 5.11 Å². The molecule has 0 amide bonds. The van der Waals surface area contributed by atoms with Gasteiger partial charge in [0.05, 0.1) is 19.4 Å². The van der Waals surface area contributed by atoms with Crippen LogP contribution in [0.5, 0.6) is 0 Å². The first kappa shape index (κ1) is 11.7. The molecule has 0 fully saturated rings. The molecule has 0 heterocycles. The molecule has 0 spiro atoms. The van der Waals surface area contributed by atoms with Crippen molar-refractivity contribution in [2.45, 2.75) is 20.3 Å². The van der Waals surface area contributed by atoms with E-state index < -0.39 is 17.9 Å². The molecule has 0 aromatic heterocycles. The molecule has 0 aliphatic rings. The summed E-state index contributed by atoms with van der Waals surface area (Å²) >= 11 is 0. The summed E-state index contributed by atoms with van der Waals surface area (Å²) in [6, 6.07) is 0. The monoisotopic (exact) mass is 186 g/mol. The summed E-state index contributed by atoms with van der Waals surface area (Å²) < 4.78 is 4.38. The number of hydrogen-bond acceptors (Lipinski definition) is 3. The van der Waals surface area contributed by atoms with E-state index in [-0.39, 0.29) is 6.42 Å². The second-order valence-electron chi connectivity index (χ2n) is 2.97. The van der Waals surface area contributed by atoms with Crippen molar-refractivity contribution in [3.8, 4) is 0 Å². The molecule has 4 heteroatoms. The number of aliphatic carboxylic acids is 1. The van der Waals surface area contributed by atoms with Gasteiger partial charge in [0.25, 0.3) is 0 Å². The standard InChI is InChI=1S/C9H14O4/c1-6(2)4-7(9(11)12)5-8(10)13-3/h4,7H,5H2,1-3H3,(H,11,12). The Balaban J connectivity index is 4.36. The number of allylic oxidation sites excluding steroid dienone is 1. The van der Waals surface area contributed by atoms with Crippen molar-refractivity contribution in [3.05, 3.63) is 11.6 Å². The third-order valence-corrected chi connectivity index (χ3v) is 1.47. The van der Waals surface area contributed by atoms with Crippen LogP contribution in [-0.4, -0.2) is 24.2 Å². The first-order chi connectivity index (χ1) is 5.97. The van der Waals surface area contributed by atoms with Crippen LogP contribution in [0, 0.1) is 5.92 Å². The Bertz CT molecular complexity index is 226. The minimum absolute atomic E-state index is 0.114. The average molecular weight is 186 g/mol. The number of ether oxygens (including phenoxy) is 1. The molecular weight excluding hydrogens is 172 g/mol. The van der Waals surface area contributed by atoms with E-state index in [0.29, 0.717) is 0 Å². The number of rotatable bonds is 4. The molecule has 4 nitrogen and oxygen atoms in total. The summed E-state index contributed by atoms with van der Waals surface area (Å²) in [7, 11) is 1.24. The van der Waals surface area contributed by atoms with Crippen LogP contribution in [0.25, 0.3) is 0 Å². The van der Waals surface area contributed by atoms with Crippen LogP contribution in [0.2, 0.25) is 0 Å². The van der Waals surface area contributed by atoms with Gasteiger partial charge in [-0.25, -0.2) is 0 Å². The van der Waals surface area contributed by atoms with Crippen LogP contribution in [0.4, 0.5) is 0 Å². The number of esters is 1. The van der Waals surface area contributed by atoms with Crippen LogP contribution >= 0.6 is 0 Å². The zero-order valence-corrected chi connectivity index (χ0v) is 8.03. The van der Waals surface area contributed by atoms with E-state index in [1.165, 1.54) is 7.11 Å². The lowest BCUT2D eigenvalue weighted by Gasteiger charge is -2.06. The Labute approximate surface area is 77.2 Å². The lowest BCUT2D eigenvalue weighted by Crippen LogP contribution is -2.17. The maximum absolute atomic E-state index is 10.8. The van der Waals surface area contributed by atoms with Gasteiger partial charge in [-0.3, -0.25) is 9.59 Å². The van der Waals surface area contributed by atoms with Crippen LogP contribution in [0.15, 0.2) is 11.6 Å². The zero-order chi connectivity index (χ0) is 10.4. The maximum atomic E-state index is 10.8. The van der Waals surface area contributed by atoms with E-state index >= 15 is 0 Å². The number of carbonyl (C=O) groups is 2. The lowest BCUT2D eigenvalue weighted by molar-refractivity contribution is -0.148. The predicted octanol–water partition coefficient (Wildman–Crippen LogP) is 1.22. The molecule has 0 rings (SSSR count). The molecule has 0 aliphatic heterocycles. The number of carboxylic acids is 1. The van der Waals surface area contributed by atoms with E-state index in [2.05, 4.69) is 4.74 Å². The van der Waals surface area contributed by atoms with Crippen molar-refractivity contribution in [2.24, 2.45) is 5.92 Å². The Morgan fingerprint density at radius 2 is 2.00 bits per heavy atom. The van der Waals surface area contributed by atoms with E-state index in [1.807, 2.05) is 0 Å². The molecule has 0 saturated heterocycles. The van der Waals surface area contributed by atoms with Crippen molar-refractivity contribution >= 4 is 11.9 Å². The van der Waals surface area contributed by atoms with Gasteiger partial charge in [-0.1, -0.05) is 11.6 Å². The Morgan fingerprint density at radius 3 is 2.31 bits per heavy atom. The fraction of sp³-hybridized carbons (Fsp3) is 0.556. The van der Waals surface area contributed by atoms with E-state index in [0.717, 1.165) is 5.57 Å². The van der Waals surface area contributed by atoms with Gasteiger partial charge >= 0.3 is 11.9 Å². The Morgan fingerprint density at radius 1 is 1.46 bits per heavy atom. The molecule has 13 heavy (non-hydrogen) atoms. The molecular formula is C9H14O4. The summed E-state index contributed by atoms with van der Waals surface area (Å²) in [5.41, 5.74) is 0.872. The Kier molecular flexibility index (Phi) is 4.80. The van der Waals surface area contributed by atoms with Crippen molar-refractivity contribution < 1.29 is 19.4 Å². The molecule has 0 bridgehead atoms. The molecule has 0 aromatic carbocycles. The van der Waals surface area contributed by atoms with Gasteiger partial charge in [-0.15, -0.1) is 0 Å². The number of methoxy groups -OCH3 is 1. The van der Waals surface area contributed by atoms with Crippen LogP contribution in [0.3, 0.4) is 0 Å². The zero-order valence-electron chi connectivity index (χ0n) is 8.03. The minimum Gasteiger partial charge on any atom is -0.481 e. The molecule has 1 atom stereocenters. The minimum atomic E-state index is -1.01. The number of carboxylic acid groups (broad SMARTS) is 1. The van der Waals surface area contributed by atoms with Gasteiger partial charge in [0.1, 0.15) is 0 Å². The predicted molar refractivity (Wildman–Crippen MR) is 47.2 cm³/mol. The van der Waals surface area contributed by atoms with Crippen LogP contribution in [0.1, 0.15) is 20.3 Å². The van der Waals surface area contributed by atoms with Crippen LogP contribution in [-0.2, 0) is 14.3 Å². The molecule has 0 saturated carbocycles. The highest BCUT2D eigenvalue weighted by Gasteiger charge is 2.18. The number of carbonyl (C=O) groups excluding carboxylic acids is 1. The molecule has 0 radical (unpaired) electrons. The summed E-state index contributed by atoms with van der Waals surface area (Å²) in [5, 5.41) is 8.71. The second kappa shape index (κ2) is 5.35.